The highest BCUT2D eigenvalue weighted by Gasteiger charge is 2.15. The Balaban J connectivity index is 1.66. The summed E-state index contributed by atoms with van der Waals surface area (Å²) in [4.78, 5) is 23.7. The van der Waals surface area contributed by atoms with Crippen LogP contribution in [0.5, 0.6) is 11.5 Å². The molecular weight excluding hydrogens is 336 g/mol. The van der Waals surface area contributed by atoms with Gasteiger partial charge in [-0.25, -0.2) is 9.59 Å². The normalized spacial score (nSPS) is 10.5. The predicted octanol–water partition coefficient (Wildman–Crippen LogP) is 3.43. The van der Waals surface area contributed by atoms with E-state index in [1.807, 2.05) is 30.3 Å². The van der Waals surface area contributed by atoms with Crippen molar-refractivity contribution in [2.75, 3.05) is 19.8 Å². The third kappa shape index (κ3) is 4.22. The van der Waals surface area contributed by atoms with Crippen molar-refractivity contribution in [1.82, 2.24) is 0 Å². The molecule has 0 N–H and O–H groups in total. The van der Waals surface area contributed by atoms with Gasteiger partial charge in [-0.1, -0.05) is 18.2 Å². The average molecular weight is 354 g/mol. The Bertz CT molecular complexity index is 945. The van der Waals surface area contributed by atoms with Crippen LogP contribution >= 0.6 is 0 Å². The zero-order valence-corrected chi connectivity index (χ0v) is 14.3. The van der Waals surface area contributed by atoms with E-state index in [0.717, 1.165) is 5.75 Å². The van der Waals surface area contributed by atoms with Crippen molar-refractivity contribution in [2.45, 2.75) is 6.92 Å². The van der Waals surface area contributed by atoms with Gasteiger partial charge in [-0.05, 0) is 37.3 Å². The van der Waals surface area contributed by atoms with Crippen molar-refractivity contribution >= 4 is 16.9 Å². The molecule has 0 aliphatic heterocycles. The molecule has 0 spiro atoms. The molecule has 0 unspecified atom stereocenters. The average Bonchev–Trinajstić information content (AvgIpc) is 2.65. The highest BCUT2D eigenvalue weighted by Crippen LogP contribution is 2.21. The summed E-state index contributed by atoms with van der Waals surface area (Å²) in [6.45, 7) is 2.58. The number of para-hydroxylation sites is 1. The van der Waals surface area contributed by atoms with E-state index in [1.165, 1.54) is 6.07 Å². The molecule has 134 valence electrons. The fourth-order valence-corrected chi connectivity index (χ4v) is 2.37. The second kappa shape index (κ2) is 8.20. The van der Waals surface area contributed by atoms with Crippen LogP contribution in [0.15, 0.2) is 63.8 Å². The Morgan fingerprint density at radius 3 is 2.42 bits per heavy atom. The first-order valence-corrected chi connectivity index (χ1v) is 8.23. The Labute approximate surface area is 149 Å². The Morgan fingerprint density at radius 2 is 1.69 bits per heavy atom. The fraction of sp³-hybridized carbons (Fsp3) is 0.200. The summed E-state index contributed by atoms with van der Waals surface area (Å²) in [5.74, 6) is 0.620. The van der Waals surface area contributed by atoms with Crippen LogP contribution in [-0.2, 0) is 4.74 Å². The van der Waals surface area contributed by atoms with Gasteiger partial charge in [0, 0.05) is 11.5 Å². The molecular formula is C20H18O6. The molecule has 6 heteroatoms. The van der Waals surface area contributed by atoms with E-state index in [2.05, 4.69) is 0 Å². The van der Waals surface area contributed by atoms with Crippen LogP contribution < -0.4 is 15.1 Å². The molecule has 0 aliphatic carbocycles. The SMILES string of the molecule is CCOC(=O)c1cc2ccc(OCCOc3ccccc3)cc2oc1=O. The summed E-state index contributed by atoms with van der Waals surface area (Å²) in [6.07, 6.45) is 0. The zero-order valence-electron chi connectivity index (χ0n) is 14.3. The molecule has 0 saturated heterocycles. The number of fused-ring (bicyclic) bond motifs is 1. The van der Waals surface area contributed by atoms with Crippen molar-refractivity contribution < 1.29 is 23.4 Å². The van der Waals surface area contributed by atoms with Gasteiger partial charge in [-0.3, -0.25) is 0 Å². The van der Waals surface area contributed by atoms with E-state index in [9.17, 15) is 9.59 Å². The lowest BCUT2D eigenvalue weighted by atomic mass is 10.2. The summed E-state index contributed by atoms with van der Waals surface area (Å²) in [5, 5.41) is 0.612. The molecule has 26 heavy (non-hydrogen) atoms. The maximum Gasteiger partial charge on any atom is 0.351 e. The molecule has 0 amide bonds. The lowest BCUT2D eigenvalue weighted by molar-refractivity contribution is 0.0522. The van der Waals surface area contributed by atoms with Gasteiger partial charge >= 0.3 is 11.6 Å². The number of ether oxygens (including phenoxy) is 3. The van der Waals surface area contributed by atoms with Crippen molar-refractivity contribution in [3.05, 3.63) is 70.6 Å². The van der Waals surface area contributed by atoms with Crippen molar-refractivity contribution in [2.24, 2.45) is 0 Å². The largest absolute Gasteiger partial charge is 0.490 e. The van der Waals surface area contributed by atoms with E-state index in [0.29, 0.717) is 29.9 Å². The molecule has 1 aromatic heterocycles. The van der Waals surface area contributed by atoms with E-state index >= 15 is 0 Å². The van der Waals surface area contributed by atoms with E-state index < -0.39 is 11.6 Å². The number of carbonyl (C=O) groups is 1. The van der Waals surface area contributed by atoms with Crippen LogP contribution in [0.2, 0.25) is 0 Å². The van der Waals surface area contributed by atoms with Gasteiger partial charge in [0.05, 0.1) is 6.61 Å². The summed E-state index contributed by atoms with van der Waals surface area (Å²) < 4.78 is 21.2. The molecule has 0 fully saturated rings. The maximum atomic E-state index is 11.9. The molecule has 6 nitrogen and oxygen atoms in total. The van der Waals surface area contributed by atoms with E-state index in [-0.39, 0.29) is 12.2 Å². The first-order chi connectivity index (χ1) is 12.7. The third-order valence-electron chi connectivity index (χ3n) is 3.57. The van der Waals surface area contributed by atoms with Gasteiger partial charge in [0.15, 0.2) is 0 Å². The molecule has 2 aromatic carbocycles. The molecule has 3 rings (SSSR count). The number of benzene rings is 2. The van der Waals surface area contributed by atoms with Crippen molar-refractivity contribution in [3.8, 4) is 11.5 Å². The monoisotopic (exact) mass is 354 g/mol. The zero-order chi connectivity index (χ0) is 18.4. The Morgan fingerprint density at radius 1 is 0.962 bits per heavy atom. The van der Waals surface area contributed by atoms with Crippen LogP contribution in [0, 0.1) is 0 Å². The smallest absolute Gasteiger partial charge is 0.351 e. The number of hydrogen-bond donors (Lipinski definition) is 0. The number of hydrogen-bond acceptors (Lipinski definition) is 6. The highest BCUT2D eigenvalue weighted by atomic mass is 16.5. The van der Waals surface area contributed by atoms with Crippen LogP contribution in [0.3, 0.4) is 0 Å². The van der Waals surface area contributed by atoms with Gasteiger partial charge in [0.2, 0.25) is 0 Å². The minimum atomic E-state index is -0.736. The lowest BCUT2D eigenvalue weighted by Gasteiger charge is -2.09. The van der Waals surface area contributed by atoms with Gasteiger partial charge in [0.1, 0.15) is 35.9 Å². The quantitative estimate of drug-likeness (QED) is 0.368. The first kappa shape index (κ1) is 17.5. The molecule has 3 aromatic rings. The van der Waals surface area contributed by atoms with E-state index in [4.69, 9.17) is 18.6 Å². The number of esters is 1. The van der Waals surface area contributed by atoms with Gasteiger partial charge < -0.3 is 18.6 Å². The van der Waals surface area contributed by atoms with Gasteiger partial charge in [0.25, 0.3) is 0 Å². The molecule has 0 atom stereocenters. The van der Waals surface area contributed by atoms with Crippen LogP contribution in [0.4, 0.5) is 0 Å². The predicted molar refractivity (Wildman–Crippen MR) is 95.9 cm³/mol. The number of rotatable bonds is 7. The Hall–Kier alpha value is -3.28. The van der Waals surface area contributed by atoms with Gasteiger partial charge in [-0.15, -0.1) is 0 Å². The standard InChI is InChI=1S/C20H18O6/c1-2-23-19(21)17-12-14-8-9-16(13-18(14)26-20(17)22)25-11-10-24-15-6-4-3-5-7-15/h3-9,12-13H,2,10-11H2,1H3. The second-order valence-corrected chi connectivity index (χ2v) is 5.38. The first-order valence-electron chi connectivity index (χ1n) is 8.23. The summed E-state index contributed by atoms with van der Waals surface area (Å²) in [7, 11) is 0. The maximum absolute atomic E-state index is 11.9. The molecule has 0 aliphatic rings. The number of carbonyl (C=O) groups excluding carboxylic acids is 1. The molecule has 0 saturated carbocycles. The minimum Gasteiger partial charge on any atom is -0.490 e. The third-order valence-corrected chi connectivity index (χ3v) is 3.57. The lowest BCUT2D eigenvalue weighted by Crippen LogP contribution is -2.16. The van der Waals surface area contributed by atoms with Crippen LogP contribution in [0.25, 0.3) is 11.0 Å². The summed E-state index contributed by atoms with van der Waals surface area (Å²) in [5.41, 5.74) is -0.519. The summed E-state index contributed by atoms with van der Waals surface area (Å²) in [6, 6.07) is 16.0. The summed E-state index contributed by atoms with van der Waals surface area (Å²) >= 11 is 0. The molecule has 0 radical (unpaired) electrons. The highest BCUT2D eigenvalue weighted by molar-refractivity contribution is 5.93. The van der Waals surface area contributed by atoms with Crippen molar-refractivity contribution in [3.63, 3.8) is 0 Å². The van der Waals surface area contributed by atoms with Gasteiger partial charge in [-0.2, -0.15) is 0 Å². The molecule has 0 bridgehead atoms. The minimum absolute atomic E-state index is 0.121. The van der Waals surface area contributed by atoms with Crippen LogP contribution in [0.1, 0.15) is 17.3 Å². The second-order valence-electron chi connectivity index (χ2n) is 5.38. The van der Waals surface area contributed by atoms with Crippen molar-refractivity contribution in [1.29, 1.82) is 0 Å². The Kier molecular flexibility index (Phi) is 5.53. The van der Waals surface area contributed by atoms with E-state index in [1.54, 1.807) is 25.1 Å². The molecule has 1 heterocycles. The topological polar surface area (TPSA) is 75.0 Å². The van der Waals surface area contributed by atoms with Crippen LogP contribution in [-0.4, -0.2) is 25.8 Å². The fourth-order valence-electron chi connectivity index (χ4n) is 2.37.